The normalized spacial score (nSPS) is 15.2. The number of pyridine rings is 1. The summed E-state index contributed by atoms with van der Waals surface area (Å²) in [6.07, 6.45) is 3.10. The molecule has 2 heterocycles. The summed E-state index contributed by atoms with van der Waals surface area (Å²) in [6, 6.07) is 8.45. The van der Waals surface area contributed by atoms with Crippen LogP contribution in [0.4, 0.5) is 0 Å². The zero-order valence-electron chi connectivity index (χ0n) is 12.9. The van der Waals surface area contributed by atoms with Gasteiger partial charge >= 0.3 is 5.97 Å². The fraction of sp³-hybridized carbons (Fsp3) is 0.118. The third kappa shape index (κ3) is 3.23. The molecule has 0 N–H and O–H groups in total. The summed E-state index contributed by atoms with van der Waals surface area (Å²) in [5.41, 5.74) is 1.21. The smallest absolute Gasteiger partial charge is 0.363 e. The number of aliphatic imine (C=N–C) groups is 1. The van der Waals surface area contributed by atoms with E-state index < -0.39 is 5.97 Å². The van der Waals surface area contributed by atoms with Gasteiger partial charge in [-0.1, -0.05) is 11.6 Å². The molecule has 0 amide bonds. The molecule has 0 spiro atoms. The number of carbonyl (C=O) groups excluding carboxylic acids is 1. The molecule has 122 valence electrons. The fourth-order valence-electron chi connectivity index (χ4n) is 2.13. The van der Waals surface area contributed by atoms with Crippen molar-refractivity contribution in [3.63, 3.8) is 0 Å². The van der Waals surface area contributed by atoms with Gasteiger partial charge in [0.2, 0.25) is 5.90 Å². The Morgan fingerprint density at radius 3 is 2.71 bits per heavy atom. The number of cyclic esters (lactones) is 1. The van der Waals surface area contributed by atoms with Crippen molar-refractivity contribution in [1.82, 2.24) is 4.98 Å². The van der Waals surface area contributed by atoms with E-state index in [2.05, 4.69) is 9.98 Å². The van der Waals surface area contributed by atoms with Crippen LogP contribution in [0.2, 0.25) is 5.02 Å². The van der Waals surface area contributed by atoms with E-state index in [1.807, 2.05) is 0 Å². The number of hydrogen-bond acceptors (Lipinski definition) is 6. The predicted octanol–water partition coefficient (Wildman–Crippen LogP) is 3.10. The van der Waals surface area contributed by atoms with Gasteiger partial charge in [0, 0.05) is 22.8 Å². The maximum Gasteiger partial charge on any atom is 0.363 e. The largest absolute Gasteiger partial charge is 0.497 e. The van der Waals surface area contributed by atoms with E-state index in [-0.39, 0.29) is 11.6 Å². The van der Waals surface area contributed by atoms with E-state index in [9.17, 15) is 4.79 Å². The number of ether oxygens (including phenoxy) is 3. The van der Waals surface area contributed by atoms with E-state index in [0.717, 1.165) is 0 Å². The van der Waals surface area contributed by atoms with Crippen LogP contribution in [-0.2, 0) is 9.53 Å². The van der Waals surface area contributed by atoms with Gasteiger partial charge in [-0.05, 0) is 30.3 Å². The summed E-state index contributed by atoms with van der Waals surface area (Å²) in [5, 5.41) is 0.480. The summed E-state index contributed by atoms with van der Waals surface area (Å²) in [7, 11) is 3.10. The Balaban J connectivity index is 1.97. The van der Waals surface area contributed by atoms with Crippen LogP contribution in [0, 0.1) is 0 Å². The monoisotopic (exact) mass is 344 g/mol. The van der Waals surface area contributed by atoms with Gasteiger partial charge in [0.25, 0.3) is 0 Å². The zero-order chi connectivity index (χ0) is 17.1. The molecule has 0 aliphatic carbocycles. The van der Waals surface area contributed by atoms with Crippen LogP contribution in [0.5, 0.6) is 11.5 Å². The molecule has 0 unspecified atom stereocenters. The average molecular weight is 345 g/mol. The molecule has 1 aromatic heterocycles. The topological polar surface area (TPSA) is 70.0 Å². The van der Waals surface area contributed by atoms with Crippen LogP contribution >= 0.6 is 11.6 Å². The second kappa shape index (κ2) is 6.72. The number of aromatic nitrogens is 1. The van der Waals surface area contributed by atoms with Gasteiger partial charge in [-0.2, -0.15) is 0 Å². The van der Waals surface area contributed by atoms with Crippen LogP contribution in [0.3, 0.4) is 0 Å². The minimum absolute atomic E-state index is 0.112. The highest BCUT2D eigenvalue weighted by Crippen LogP contribution is 2.28. The Bertz CT molecular complexity index is 861. The number of benzene rings is 1. The van der Waals surface area contributed by atoms with Gasteiger partial charge in [0.1, 0.15) is 17.2 Å². The van der Waals surface area contributed by atoms with Gasteiger partial charge in [0.05, 0.1) is 14.2 Å². The molecule has 7 heteroatoms. The predicted molar refractivity (Wildman–Crippen MR) is 89.4 cm³/mol. The van der Waals surface area contributed by atoms with Gasteiger partial charge in [-0.3, -0.25) is 4.98 Å². The third-order valence-electron chi connectivity index (χ3n) is 3.29. The molecule has 3 rings (SSSR count). The number of methoxy groups -OCH3 is 2. The van der Waals surface area contributed by atoms with E-state index in [1.54, 1.807) is 43.5 Å². The van der Waals surface area contributed by atoms with E-state index in [0.29, 0.717) is 27.8 Å². The summed E-state index contributed by atoms with van der Waals surface area (Å²) >= 11 is 5.92. The highest BCUT2D eigenvalue weighted by Gasteiger charge is 2.25. The lowest BCUT2D eigenvalue weighted by molar-refractivity contribution is -0.129. The Morgan fingerprint density at radius 1 is 1.17 bits per heavy atom. The minimum atomic E-state index is -0.565. The maximum atomic E-state index is 12.0. The highest BCUT2D eigenvalue weighted by molar-refractivity contribution is 6.31. The first-order chi connectivity index (χ1) is 11.6. The Labute approximate surface area is 143 Å². The first-order valence-corrected chi connectivity index (χ1v) is 7.35. The van der Waals surface area contributed by atoms with E-state index in [1.165, 1.54) is 13.3 Å². The summed E-state index contributed by atoms with van der Waals surface area (Å²) in [6.45, 7) is 0. The van der Waals surface area contributed by atoms with E-state index in [4.69, 9.17) is 25.8 Å². The van der Waals surface area contributed by atoms with Crippen LogP contribution in [0.15, 0.2) is 47.2 Å². The maximum absolute atomic E-state index is 12.0. The highest BCUT2D eigenvalue weighted by atomic mass is 35.5. The molecule has 0 bridgehead atoms. The second-order valence-electron chi connectivity index (χ2n) is 4.80. The molecule has 0 atom stereocenters. The average Bonchev–Trinajstić information content (AvgIpc) is 2.96. The molecule has 0 radical (unpaired) electrons. The molecule has 0 saturated heterocycles. The first-order valence-electron chi connectivity index (χ1n) is 6.97. The first kappa shape index (κ1) is 16.0. The molecule has 0 saturated carbocycles. The van der Waals surface area contributed by atoms with Crippen molar-refractivity contribution in [1.29, 1.82) is 0 Å². The molecule has 1 aliphatic heterocycles. The minimum Gasteiger partial charge on any atom is -0.497 e. The molecule has 6 nitrogen and oxygen atoms in total. The number of hydrogen-bond donors (Lipinski definition) is 0. The number of rotatable bonds is 4. The fourth-order valence-corrected chi connectivity index (χ4v) is 2.29. The van der Waals surface area contributed by atoms with Gasteiger partial charge in [-0.25, -0.2) is 9.79 Å². The molecule has 1 aromatic carbocycles. The molecule has 1 aliphatic rings. The SMILES string of the molecule is COc1ccc(/C=C2\N=C(c3cc(Cl)ccn3)OC2=O)c(OC)c1. The van der Waals surface area contributed by atoms with Crippen LogP contribution < -0.4 is 9.47 Å². The second-order valence-corrected chi connectivity index (χ2v) is 5.24. The van der Waals surface area contributed by atoms with Crippen molar-refractivity contribution in [2.45, 2.75) is 0 Å². The summed E-state index contributed by atoms with van der Waals surface area (Å²) < 4.78 is 15.6. The summed E-state index contributed by atoms with van der Waals surface area (Å²) in [4.78, 5) is 20.3. The summed E-state index contributed by atoms with van der Waals surface area (Å²) in [5.74, 6) is 0.750. The zero-order valence-corrected chi connectivity index (χ0v) is 13.7. The third-order valence-corrected chi connectivity index (χ3v) is 3.53. The Hall–Kier alpha value is -2.86. The lowest BCUT2D eigenvalue weighted by atomic mass is 10.1. The quantitative estimate of drug-likeness (QED) is 0.629. The molecule has 2 aromatic rings. The molecule has 0 fully saturated rings. The van der Waals surface area contributed by atoms with Crippen LogP contribution in [-0.4, -0.2) is 31.1 Å². The van der Waals surface area contributed by atoms with Crippen LogP contribution in [0.25, 0.3) is 6.08 Å². The molecule has 24 heavy (non-hydrogen) atoms. The number of halogens is 1. The number of esters is 1. The Morgan fingerprint density at radius 2 is 2.00 bits per heavy atom. The Kier molecular flexibility index (Phi) is 4.48. The lowest BCUT2D eigenvalue weighted by Gasteiger charge is -2.07. The van der Waals surface area contributed by atoms with Crippen molar-refractivity contribution in [3.05, 3.63) is 58.5 Å². The van der Waals surface area contributed by atoms with Crippen molar-refractivity contribution < 1.29 is 19.0 Å². The van der Waals surface area contributed by atoms with Crippen molar-refractivity contribution >= 4 is 29.5 Å². The number of carbonyl (C=O) groups is 1. The van der Waals surface area contributed by atoms with Crippen molar-refractivity contribution in [2.24, 2.45) is 4.99 Å². The van der Waals surface area contributed by atoms with Crippen molar-refractivity contribution in [2.75, 3.05) is 14.2 Å². The van der Waals surface area contributed by atoms with Crippen molar-refractivity contribution in [3.8, 4) is 11.5 Å². The number of nitrogens with zero attached hydrogens (tertiary/aromatic N) is 2. The van der Waals surface area contributed by atoms with Gasteiger partial charge in [-0.15, -0.1) is 0 Å². The van der Waals surface area contributed by atoms with Crippen LogP contribution in [0.1, 0.15) is 11.3 Å². The van der Waals surface area contributed by atoms with Gasteiger partial charge in [0.15, 0.2) is 5.70 Å². The van der Waals surface area contributed by atoms with Gasteiger partial charge < -0.3 is 14.2 Å². The standard InChI is InChI=1S/C17H13ClN2O4/c1-22-12-4-3-10(15(9-12)23-2)7-14-17(21)24-16(20-14)13-8-11(18)5-6-19-13/h3-9H,1-2H3/b14-7-. The lowest BCUT2D eigenvalue weighted by Crippen LogP contribution is -2.07. The van der Waals surface area contributed by atoms with E-state index >= 15 is 0 Å². The molecular weight excluding hydrogens is 332 g/mol. The molecular formula is C17H13ClN2O4.